The molecule has 1 N–H and O–H groups in total. The van der Waals surface area contributed by atoms with Crippen molar-refractivity contribution in [3.63, 3.8) is 0 Å². The molecular formula is C20H14Cl2N2O. The highest BCUT2D eigenvalue weighted by Gasteiger charge is 2.23. The van der Waals surface area contributed by atoms with Gasteiger partial charge in [0.1, 0.15) is 12.4 Å². The number of aromatic nitrogens is 2. The summed E-state index contributed by atoms with van der Waals surface area (Å²) in [6, 6.07) is 9.88. The molecule has 4 aromatic rings. The normalized spacial score (nSPS) is 13.0. The quantitative estimate of drug-likeness (QED) is 0.401. The average Bonchev–Trinajstić information content (AvgIpc) is 2.88. The molecule has 0 atom stereocenters. The Morgan fingerprint density at radius 2 is 1.96 bits per heavy atom. The van der Waals surface area contributed by atoms with E-state index in [0.29, 0.717) is 22.4 Å². The third-order valence-electron chi connectivity index (χ3n) is 4.97. The van der Waals surface area contributed by atoms with Gasteiger partial charge in [0.2, 0.25) is 0 Å². The summed E-state index contributed by atoms with van der Waals surface area (Å²) in [5, 5.41) is 3.45. The fraction of sp³-hybridized carbons (Fsp3) is 0.150. The SMILES string of the molecule is Cc1[nH]c2ccc3nc4c(cc3c2c1C)COc1c(Cl)cc(Cl)cc1-4. The predicted octanol–water partition coefficient (Wildman–Crippen LogP) is 6.20. The maximum absolute atomic E-state index is 6.29. The molecule has 5 rings (SSSR count). The standard InChI is InChI=1S/C20H14Cl2N2O/c1-9-10(2)23-17-4-3-16-13(18(9)17)5-11-8-25-20-14(19(11)24-16)6-12(21)7-15(20)22/h3-7,23H,8H2,1-2H3. The van der Waals surface area contributed by atoms with Crippen LogP contribution in [0.2, 0.25) is 10.0 Å². The van der Waals surface area contributed by atoms with Crippen LogP contribution in [0.25, 0.3) is 33.1 Å². The number of H-pyrrole nitrogens is 1. The lowest BCUT2D eigenvalue weighted by Gasteiger charge is -2.22. The zero-order chi connectivity index (χ0) is 17.3. The monoisotopic (exact) mass is 368 g/mol. The molecule has 3 nitrogen and oxygen atoms in total. The van der Waals surface area contributed by atoms with Gasteiger partial charge in [-0.3, -0.25) is 0 Å². The van der Waals surface area contributed by atoms with Crippen LogP contribution < -0.4 is 4.74 Å². The van der Waals surface area contributed by atoms with Crippen molar-refractivity contribution < 1.29 is 4.74 Å². The smallest absolute Gasteiger partial charge is 0.147 e. The maximum atomic E-state index is 6.29. The van der Waals surface area contributed by atoms with Gasteiger partial charge >= 0.3 is 0 Å². The van der Waals surface area contributed by atoms with Gasteiger partial charge in [-0.05, 0) is 49.7 Å². The molecular weight excluding hydrogens is 355 g/mol. The van der Waals surface area contributed by atoms with E-state index in [0.717, 1.165) is 33.2 Å². The number of nitrogens with one attached hydrogen (secondary N) is 1. The van der Waals surface area contributed by atoms with Crippen LogP contribution >= 0.6 is 23.2 Å². The maximum Gasteiger partial charge on any atom is 0.147 e. The molecule has 0 fully saturated rings. The average molecular weight is 369 g/mol. The van der Waals surface area contributed by atoms with Crippen molar-refractivity contribution in [2.45, 2.75) is 20.5 Å². The summed E-state index contributed by atoms with van der Waals surface area (Å²) >= 11 is 12.5. The van der Waals surface area contributed by atoms with Crippen LogP contribution in [0.3, 0.4) is 0 Å². The van der Waals surface area contributed by atoms with Crippen LogP contribution in [0.15, 0.2) is 30.3 Å². The Morgan fingerprint density at radius 1 is 1.12 bits per heavy atom. The number of ether oxygens (including phenoxy) is 1. The summed E-state index contributed by atoms with van der Waals surface area (Å²) in [5.74, 6) is 0.653. The number of halogens is 2. The minimum absolute atomic E-state index is 0.450. The lowest BCUT2D eigenvalue weighted by atomic mass is 9.98. The van der Waals surface area contributed by atoms with E-state index >= 15 is 0 Å². The van der Waals surface area contributed by atoms with Crippen molar-refractivity contribution in [3.8, 4) is 17.0 Å². The van der Waals surface area contributed by atoms with E-state index < -0.39 is 0 Å². The minimum Gasteiger partial charge on any atom is -0.487 e. The Balaban J connectivity index is 1.87. The Morgan fingerprint density at radius 3 is 2.80 bits per heavy atom. The minimum atomic E-state index is 0.450. The van der Waals surface area contributed by atoms with Crippen molar-refractivity contribution in [3.05, 3.63) is 57.2 Å². The number of pyridine rings is 1. The summed E-state index contributed by atoms with van der Waals surface area (Å²) < 4.78 is 5.89. The zero-order valence-electron chi connectivity index (χ0n) is 13.7. The third-order valence-corrected chi connectivity index (χ3v) is 5.47. The highest BCUT2D eigenvalue weighted by molar-refractivity contribution is 6.36. The Hall–Kier alpha value is -2.23. The third kappa shape index (κ3) is 2.09. The van der Waals surface area contributed by atoms with Crippen LogP contribution in [-0.4, -0.2) is 9.97 Å². The van der Waals surface area contributed by atoms with Crippen LogP contribution in [0.1, 0.15) is 16.8 Å². The highest BCUT2D eigenvalue weighted by atomic mass is 35.5. The van der Waals surface area contributed by atoms with Gasteiger partial charge < -0.3 is 9.72 Å². The van der Waals surface area contributed by atoms with E-state index in [4.69, 9.17) is 32.9 Å². The molecule has 0 unspecified atom stereocenters. The van der Waals surface area contributed by atoms with Crippen LogP contribution in [0, 0.1) is 13.8 Å². The molecule has 0 saturated carbocycles. The van der Waals surface area contributed by atoms with Crippen molar-refractivity contribution in [2.24, 2.45) is 0 Å². The van der Waals surface area contributed by atoms with Crippen molar-refractivity contribution >= 4 is 45.0 Å². The topological polar surface area (TPSA) is 37.9 Å². The molecule has 0 spiro atoms. The largest absolute Gasteiger partial charge is 0.487 e. The van der Waals surface area contributed by atoms with Gasteiger partial charge in [-0.1, -0.05) is 23.2 Å². The van der Waals surface area contributed by atoms with Crippen LogP contribution in [0.5, 0.6) is 5.75 Å². The Labute approximate surface area is 154 Å². The second-order valence-electron chi connectivity index (χ2n) is 6.48. The van der Waals surface area contributed by atoms with E-state index in [-0.39, 0.29) is 0 Å². The van der Waals surface area contributed by atoms with E-state index in [1.165, 1.54) is 16.6 Å². The number of fused-ring (bicyclic) bond motifs is 6. The molecule has 25 heavy (non-hydrogen) atoms. The number of aryl methyl sites for hydroxylation is 2. The van der Waals surface area contributed by atoms with E-state index in [1.54, 1.807) is 6.07 Å². The van der Waals surface area contributed by atoms with Gasteiger partial charge in [-0.2, -0.15) is 0 Å². The van der Waals surface area contributed by atoms with Crippen molar-refractivity contribution in [2.75, 3.05) is 0 Å². The molecule has 2 aromatic carbocycles. The number of hydrogen-bond acceptors (Lipinski definition) is 2. The van der Waals surface area contributed by atoms with Crippen molar-refractivity contribution in [1.82, 2.24) is 9.97 Å². The summed E-state index contributed by atoms with van der Waals surface area (Å²) in [7, 11) is 0. The van der Waals surface area contributed by atoms with Crippen LogP contribution in [0.4, 0.5) is 0 Å². The summed E-state index contributed by atoms with van der Waals surface area (Å²) in [4.78, 5) is 8.36. The zero-order valence-corrected chi connectivity index (χ0v) is 15.2. The fourth-order valence-electron chi connectivity index (χ4n) is 3.65. The molecule has 0 saturated heterocycles. The lowest BCUT2D eigenvalue weighted by Crippen LogP contribution is -2.08. The van der Waals surface area contributed by atoms with Crippen LogP contribution in [-0.2, 0) is 6.61 Å². The van der Waals surface area contributed by atoms with Crippen molar-refractivity contribution in [1.29, 1.82) is 0 Å². The first-order valence-electron chi connectivity index (χ1n) is 8.06. The van der Waals surface area contributed by atoms with Gasteiger partial charge in [0, 0.05) is 38.1 Å². The second-order valence-corrected chi connectivity index (χ2v) is 7.32. The fourth-order valence-corrected chi connectivity index (χ4v) is 4.20. The summed E-state index contributed by atoms with van der Waals surface area (Å²) in [6.45, 7) is 4.68. The number of aromatic amines is 1. The molecule has 0 amide bonds. The summed E-state index contributed by atoms with van der Waals surface area (Å²) in [5.41, 5.74) is 7.31. The second kappa shape index (κ2) is 5.13. The van der Waals surface area contributed by atoms with E-state index in [1.807, 2.05) is 6.07 Å². The molecule has 1 aliphatic rings. The molecule has 0 bridgehead atoms. The summed E-state index contributed by atoms with van der Waals surface area (Å²) in [6.07, 6.45) is 0. The van der Waals surface area contributed by atoms with Gasteiger partial charge in [0.15, 0.2) is 0 Å². The predicted molar refractivity (Wildman–Crippen MR) is 103 cm³/mol. The number of rotatable bonds is 0. The Bertz CT molecular complexity index is 1190. The first kappa shape index (κ1) is 15.1. The number of hydrogen-bond donors (Lipinski definition) is 1. The van der Waals surface area contributed by atoms with Gasteiger partial charge in [-0.15, -0.1) is 0 Å². The number of benzene rings is 2. The van der Waals surface area contributed by atoms with E-state index in [9.17, 15) is 0 Å². The molecule has 124 valence electrons. The molecule has 0 aliphatic carbocycles. The molecule has 5 heteroatoms. The number of nitrogens with zero attached hydrogens (tertiary/aromatic N) is 1. The molecule has 1 aliphatic heterocycles. The van der Waals surface area contributed by atoms with E-state index in [2.05, 4.69) is 37.0 Å². The first-order valence-corrected chi connectivity index (χ1v) is 8.82. The highest BCUT2D eigenvalue weighted by Crippen LogP contribution is 2.44. The van der Waals surface area contributed by atoms with Gasteiger partial charge in [0.25, 0.3) is 0 Å². The molecule has 2 aromatic heterocycles. The lowest BCUT2D eigenvalue weighted by molar-refractivity contribution is 0.302. The molecule has 0 radical (unpaired) electrons. The first-order chi connectivity index (χ1) is 12.0. The molecule has 3 heterocycles. The Kier molecular flexibility index (Phi) is 3.09. The van der Waals surface area contributed by atoms with Gasteiger partial charge in [0.05, 0.1) is 16.2 Å². The van der Waals surface area contributed by atoms with Gasteiger partial charge in [-0.25, -0.2) is 4.98 Å².